The van der Waals surface area contributed by atoms with Gasteiger partial charge >= 0.3 is 0 Å². The molecule has 1 fully saturated rings. The molecule has 33 heavy (non-hydrogen) atoms. The summed E-state index contributed by atoms with van der Waals surface area (Å²) in [5, 5.41) is 5.79. The predicted molar refractivity (Wildman–Crippen MR) is 131 cm³/mol. The minimum Gasteiger partial charge on any atom is -0.350 e. The van der Waals surface area contributed by atoms with E-state index >= 15 is 0 Å². The molecular formula is C24H31N3O4S2. The number of rotatable bonds is 10. The van der Waals surface area contributed by atoms with Crippen molar-refractivity contribution in [3.05, 3.63) is 66.2 Å². The lowest BCUT2D eigenvalue weighted by molar-refractivity contribution is -0.132. The van der Waals surface area contributed by atoms with Crippen LogP contribution in [0.5, 0.6) is 0 Å². The van der Waals surface area contributed by atoms with Crippen molar-refractivity contribution >= 4 is 33.6 Å². The molecule has 1 heterocycles. The van der Waals surface area contributed by atoms with Crippen LogP contribution >= 0.6 is 11.8 Å². The Kier molecular flexibility index (Phi) is 9.34. The molecule has 178 valence electrons. The lowest BCUT2D eigenvalue weighted by Gasteiger charge is -2.32. The summed E-state index contributed by atoms with van der Waals surface area (Å²) in [6.07, 6.45) is 3.65. The first-order valence-corrected chi connectivity index (χ1v) is 13.9. The minimum absolute atomic E-state index is 0.115. The predicted octanol–water partition coefficient (Wildman–Crippen LogP) is 2.64. The van der Waals surface area contributed by atoms with Gasteiger partial charge in [0.15, 0.2) is 0 Å². The zero-order valence-electron chi connectivity index (χ0n) is 18.8. The molecule has 0 aliphatic carbocycles. The Hall–Kier alpha value is -2.36. The molecule has 2 amide bonds. The second-order valence-electron chi connectivity index (χ2n) is 8.06. The van der Waals surface area contributed by atoms with Gasteiger partial charge in [-0.25, -0.2) is 8.42 Å². The van der Waals surface area contributed by atoms with Crippen LogP contribution in [0.4, 0.5) is 0 Å². The highest BCUT2D eigenvalue weighted by atomic mass is 32.2. The average Bonchev–Trinajstić information content (AvgIpc) is 2.86. The average molecular weight is 490 g/mol. The number of amides is 2. The number of thioether (sulfide) groups is 1. The maximum Gasteiger partial charge on any atom is 0.243 e. The van der Waals surface area contributed by atoms with Gasteiger partial charge < -0.3 is 10.6 Å². The summed E-state index contributed by atoms with van der Waals surface area (Å²) in [6.45, 7) is 0.885. The van der Waals surface area contributed by atoms with E-state index in [0.29, 0.717) is 32.4 Å². The fourth-order valence-electron chi connectivity index (χ4n) is 3.82. The molecule has 0 radical (unpaired) electrons. The summed E-state index contributed by atoms with van der Waals surface area (Å²) in [5.74, 6) is -0.270. The van der Waals surface area contributed by atoms with E-state index in [9.17, 15) is 18.0 Å². The third-order valence-corrected chi connectivity index (χ3v) is 8.21. The largest absolute Gasteiger partial charge is 0.350 e. The van der Waals surface area contributed by atoms with E-state index in [1.54, 1.807) is 42.1 Å². The first kappa shape index (κ1) is 25.3. The molecule has 0 aromatic heterocycles. The third-order valence-electron chi connectivity index (χ3n) is 5.69. The molecule has 0 bridgehead atoms. The van der Waals surface area contributed by atoms with Gasteiger partial charge in [-0.15, -0.1) is 0 Å². The topological polar surface area (TPSA) is 95.6 Å². The van der Waals surface area contributed by atoms with Gasteiger partial charge in [0.2, 0.25) is 21.8 Å². The van der Waals surface area contributed by atoms with Crippen LogP contribution in [0.1, 0.15) is 24.8 Å². The van der Waals surface area contributed by atoms with Gasteiger partial charge in [0.05, 0.1) is 10.8 Å². The van der Waals surface area contributed by atoms with Crippen LogP contribution in [0.15, 0.2) is 65.6 Å². The standard InChI is InChI=1S/C24H31N3O4S2/c1-32-16-14-22(24(29)25-17-19-9-4-2-5-10-19)26-23(28)20-11-8-15-27(18-20)33(30,31)21-12-6-3-7-13-21/h2-7,9-10,12-13,20,22H,8,11,14-18H2,1H3,(H,25,29)(H,26,28)/t20-,22+/m1/s1. The number of benzene rings is 2. The number of nitrogens with zero attached hydrogens (tertiary/aromatic N) is 1. The highest BCUT2D eigenvalue weighted by Crippen LogP contribution is 2.24. The number of hydrogen-bond acceptors (Lipinski definition) is 5. The maximum atomic E-state index is 13.0. The van der Waals surface area contributed by atoms with Crippen LogP contribution in [-0.4, -0.2) is 55.7 Å². The Labute approximate surface area is 200 Å². The van der Waals surface area contributed by atoms with Crippen molar-refractivity contribution < 1.29 is 18.0 Å². The molecular weight excluding hydrogens is 458 g/mol. The fraction of sp³-hybridized carbons (Fsp3) is 0.417. The molecule has 2 aromatic rings. The molecule has 1 aliphatic rings. The van der Waals surface area contributed by atoms with Gasteiger partial charge in [-0.2, -0.15) is 16.1 Å². The molecule has 0 spiro atoms. The summed E-state index contributed by atoms with van der Waals surface area (Å²) >= 11 is 1.61. The lowest BCUT2D eigenvalue weighted by atomic mass is 9.98. The van der Waals surface area contributed by atoms with Crippen LogP contribution in [0.25, 0.3) is 0 Å². The highest BCUT2D eigenvalue weighted by molar-refractivity contribution is 7.98. The number of piperidine rings is 1. The Bertz CT molecular complexity index is 1020. The molecule has 3 rings (SSSR count). The lowest BCUT2D eigenvalue weighted by Crippen LogP contribution is -2.51. The molecule has 0 unspecified atom stereocenters. The van der Waals surface area contributed by atoms with Crippen LogP contribution in [0.2, 0.25) is 0 Å². The second-order valence-corrected chi connectivity index (χ2v) is 11.0. The van der Waals surface area contributed by atoms with E-state index in [1.807, 2.05) is 36.6 Å². The van der Waals surface area contributed by atoms with Crippen molar-refractivity contribution in [2.75, 3.05) is 25.1 Å². The van der Waals surface area contributed by atoms with E-state index in [2.05, 4.69) is 10.6 Å². The summed E-state index contributed by atoms with van der Waals surface area (Å²) < 4.78 is 27.3. The van der Waals surface area contributed by atoms with Crippen molar-refractivity contribution in [3.8, 4) is 0 Å². The first-order chi connectivity index (χ1) is 15.9. The summed E-state index contributed by atoms with van der Waals surface area (Å²) in [7, 11) is -3.66. The minimum atomic E-state index is -3.66. The van der Waals surface area contributed by atoms with Crippen LogP contribution < -0.4 is 10.6 Å². The number of nitrogens with one attached hydrogen (secondary N) is 2. The van der Waals surface area contributed by atoms with Gasteiger partial charge in [0.25, 0.3) is 0 Å². The zero-order valence-corrected chi connectivity index (χ0v) is 20.4. The molecule has 2 aromatic carbocycles. The van der Waals surface area contributed by atoms with Gasteiger partial charge in [-0.05, 0) is 49.0 Å². The molecule has 1 aliphatic heterocycles. The Morgan fingerprint density at radius 2 is 1.76 bits per heavy atom. The van der Waals surface area contributed by atoms with Crippen molar-refractivity contribution in [2.24, 2.45) is 5.92 Å². The normalized spacial score (nSPS) is 17.8. The van der Waals surface area contributed by atoms with Gasteiger partial charge in [0, 0.05) is 19.6 Å². The smallest absolute Gasteiger partial charge is 0.243 e. The second kappa shape index (κ2) is 12.2. The monoisotopic (exact) mass is 489 g/mol. The van der Waals surface area contributed by atoms with E-state index < -0.39 is 22.0 Å². The van der Waals surface area contributed by atoms with Gasteiger partial charge in [-0.3, -0.25) is 9.59 Å². The zero-order chi connectivity index (χ0) is 23.7. The Morgan fingerprint density at radius 1 is 1.09 bits per heavy atom. The molecule has 7 nitrogen and oxygen atoms in total. The third kappa shape index (κ3) is 7.06. The number of hydrogen-bond donors (Lipinski definition) is 2. The van der Waals surface area contributed by atoms with Crippen molar-refractivity contribution in [1.82, 2.24) is 14.9 Å². The van der Waals surface area contributed by atoms with Gasteiger partial charge in [0.1, 0.15) is 6.04 Å². The van der Waals surface area contributed by atoms with Gasteiger partial charge in [-0.1, -0.05) is 48.5 Å². The van der Waals surface area contributed by atoms with E-state index in [-0.39, 0.29) is 23.3 Å². The molecule has 1 saturated heterocycles. The van der Waals surface area contributed by atoms with E-state index in [4.69, 9.17) is 0 Å². The summed E-state index contributed by atoms with van der Waals surface area (Å²) in [5.41, 5.74) is 0.981. The summed E-state index contributed by atoms with van der Waals surface area (Å²) in [6, 6.07) is 17.2. The van der Waals surface area contributed by atoms with Crippen LogP contribution in [0.3, 0.4) is 0 Å². The Balaban J connectivity index is 1.62. The molecule has 0 saturated carbocycles. The highest BCUT2D eigenvalue weighted by Gasteiger charge is 2.34. The van der Waals surface area contributed by atoms with E-state index in [0.717, 1.165) is 11.3 Å². The summed E-state index contributed by atoms with van der Waals surface area (Å²) in [4.78, 5) is 26.1. The Morgan fingerprint density at radius 3 is 2.42 bits per heavy atom. The van der Waals surface area contributed by atoms with Crippen LogP contribution in [-0.2, 0) is 26.2 Å². The van der Waals surface area contributed by atoms with Crippen molar-refractivity contribution in [1.29, 1.82) is 0 Å². The number of carbonyl (C=O) groups excluding carboxylic acids is 2. The maximum absolute atomic E-state index is 13.0. The molecule has 9 heteroatoms. The molecule has 2 atom stereocenters. The van der Waals surface area contributed by atoms with Crippen LogP contribution in [0, 0.1) is 5.92 Å². The first-order valence-electron chi connectivity index (χ1n) is 11.1. The number of carbonyl (C=O) groups is 2. The quantitative estimate of drug-likeness (QED) is 0.535. The number of sulfonamides is 1. The fourth-order valence-corrected chi connectivity index (χ4v) is 5.83. The molecule has 2 N–H and O–H groups in total. The van der Waals surface area contributed by atoms with Crippen molar-refractivity contribution in [3.63, 3.8) is 0 Å². The van der Waals surface area contributed by atoms with Crippen molar-refractivity contribution in [2.45, 2.75) is 36.7 Å². The van der Waals surface area contributed by atoms with E-state index in [1.165, 1.54) is 4.31 Å². The SMILES string of the molecule is CSCC[C@H](NC(=O)[C@@H]1CCCN(S(=O)(=O)c2ccccc2)C1)C(=O)NCc1ccccc1.